The summed E-state index contributed by atoms with van der Waals surface area (Å²) in [6, 6.07) is 0. The Morgan fingerprint density at radius 3 is 2.94 bits per heavy atom. The van der Waals surface area contributed by atoms with Crippen LogP contribution < -0.4 is 4.84 Å². The molecule has 2 heterocycles. The van der Waals surface area contributed by atoms with Crippen LogP contribution in [0.3, 0.4) is 0 Å². The zero-order valence-corrected chi connectivity index (χ0v) is 9.27. The normalized spacial score (nSPS) is 10.3. The molecule has 0 saturated carbocycles. The first-order chi connectivity index (χ1) is 7.72. The summed E-state index contributed by atoms with van der Waals surface area (Å²) in [5.74, 6) is -0.388. The summed E-state index contributed by atoms with van der Waals surface area (Å²) in [5.41, 5.74) is 0.861. The average molecular weight is 236 g/mol. The van der Waals surface area contributed by atoms with Gasteiger partial charge in [-0.25, -0.2) is 19.7 Å². The third kappa shape index (κ3) is 1.89. The molecule has 2 aromatic rings. The van der Waals surface area contributed by atoms with Crippen molar-refractivity contribution in [2.45, 2.75) is 13.3 Å². The van der Waals surface area contributed by atoms with E-state index in [-0.39, 0.29) is 17.0 Å². The Balaban J connectivity index is 2.53. The molecule has 16 heavy (non-hydrogen) atoms. The van der Waals surface area contributed by atoms with E-state index in [9.17, 15) is 4.79 Å². The Morgan fingerprint density at radius 1 is 1.44 bits per heavy atom. The minimum absolute atomic E-state index is 0.264. The lowest BCUT2D eigenvalue weighted by Gasteiger charge is -2.05. The van der Waals surface area contributed by atoms with Crippen LogP contribution in [0.25, 0.3) is 11.2 Å². The van der Waals surface area contributed by atoms with E-state index in [0.717, 1.165) is 4.73 Å². The van der Waals surface area contributed by atoms with Gasteiger partial charge in [-0.1, -0.05) is 19.1 Å². The topological polar surface area (TPSA) is 69.9 Å². The highest BCUT2D eigenvalue weighted by Gasteiger charge is 2.06. The van der Waals surface area contributed by atoms with Gasteiger partial charge < -0.3 is 4.84 Å². The van der Waals surface area contributed by atoms with E-state index in [4.69, 9.17) is 17.1 Å². The SMILES string of the molecule is CCC(=O)On1cnc2nccnc2c1=S. The Morgan fingerprint density at radius 2 is 2.19 bits per heavy atom. The first-order valence-corrected chi connectivity index (χ1v) is 5.02. The van der Waals surface area contributed by atoms with Crippen molar-refractivity contribution in [3.05, 3.63) is 23.4 Å². The van der Waals surface area contributed by atoms with E-state index in [1.807, 2.05) is 0 Å². The second-order valence-electron chi connectivity index (χ2n) is 2.92. The molecule has 0 aliphatic heterocycles. The van der Waals surface area contributed by atoms with E-state index < -0.39 is 0 Å². The van der Waals surface area contributed by atoms with Crippen molar-refractivity contribution in [2.75, 3.05) is 0 Å². The van der Waals surface area contributed by atoms with Crippen molar-refractivity contribution >= 4 is 29.4 Å². The maximum atomic E-state index is 11.1. The lowest BCUT2D eigenvalue weighted by Crippen LogP contribution is -2.20. The lowest BCUT2D eigenvalue weighted by atomic mass is 10.5. The number of rotatable bonds is 2. The fourth-order valence-corrected chi connectivity index (χ4v) is 1.31. The molecule has 0 saturated heterocycles. The fraction of sp³-hybridized carbons (Fsp3) is 0.222. The van der Waals surface area contributed by atoms with Gasteiger partial charge in [0.05, 0.1) is 0 Å². The summed E-state index contributed by atoms with van der Waals surface area (Å²) >= 11 is 5.10. The molecular formula is C9H8N4O2S. The van der Waals surface area contributed by atoms with Gasteiger partial charge in [-0.2, -0.15) is 0 Å². The van der Waals surface area contributed by atoms with Gasteiger partial charge in [0.2, 0.25) is 0 Å². The largest absolute Gasteiger partial charge is 0.334 e. The molecule has 6 nitrogen and oxygen atoms in total. The van der Waals surface area contributed by atoms with E-state index >= 15 is 0 Å². The van der Waals surface area contributed by atoms with Crippen LogP contribution in [-0.2, 0) is 4.79 Å². The highest BCUT2D eigenvalue weighted by molar-refractivity contribution is 7.71. The molecule has 0 unspecified atom stereocenters. The molecule has 0 amide bonds. The molecule has 0 aliphatic rings. The van der Waals surface area contributed by atoms with Crippen molar-refractivity contribution in [3.63, 3.8) is 0 Å². The van der Waals surface area contributed by atoms with Crippen LogP contribution in [0.5, 0.6) is 0 Å². The van der Waals surface area contributed by atoms with Crippen molar-refractivity contribution in [1.82, 2.24) is 19.7 Å². The molecule has 2 aromatic heterocycles. The third-order valence-corrected chi connectivity index (χ3v) is 2.23. The van der Waals surface area contributed by atoms with Gasteiger partial charge in [-0.15, -0.1) is 4.73 Å². The van der Waals surface area contributed by atoms with Crippen molar-refractivity contribution in [3.8, 4) is 0 Å². The number of carbonyl (C=O) groups excluding carboxylic acids is 1. The van der Waals surface area contributed by atoms with Crippen LogP contribution in [0.15, 0.2) is 18.7 Å². The molecule has 0 aromatic carbocycles. The van der Waals surface area contributed by atoms with E-state index in [2.05, 4.69) is 15.0 Å². The molecule has 0 aliphatic carbocycles. The molecule has 2 rings (SSSR count). The summed E-state index contributed by atoms with van der Waals surface area (Å²) in [5, 5.41) is 0. The summed E-state index contributed by atoms with van der Waals surface area (Å²) in [6.45, 7) is 1.69. The Hall–Kier alpha value is -1.89. The molecule has 0 radical (unpaired) electrons. The molecule has 0 bridgehead atoms. The summed E-state index contributed by atoms with van der Waals surface area (Å²) in [4.78, 5) is 28.1. The smallest absolute Gasteiger partial charge is 0.332 e. The molecular weight excluding hydrogens is 228 g/mol. The van der Waals surface area contributed by atoms with Gasteiger partial charge in [-0.3, -0.25) is 0 Å². The first-order valence-electron chi connectivity index (χ1n) is 4.62. The van der Waals surface area contributed by atoms with Gasteiger partial charge in [0, 0.05) is 18.8 Å². The number of aromatic nitrogens is 4. The average Bonchev–Trinajstić information content (AvgIpc) is 2.33. The summed E-state index contributed by atoms with van der Waals surface area (Å²) in [7, 11) is 0. The Bertz CT molecular complexity index is 595. The van der Waals surface area contributed by atoms with Crippen molar-refractivity contribution < 1.29 is 9.63 Å². The van der Waals surface area contributed by atoms with Crippen molar-refractivity contribution in [1.29, 1.82) is 0 Å². The van der Waals surface area contributed by atoms with Crippen LogP contribution in [0.2, 0.25) is 0 Å². The van der Waals surface area contributed by atoms with Gasteiger partial charge in [0.25, 0.3) is 0 Å². The molecule has 0 spiro atoms. The number of hydrogen-bond acceptors (Lipinski definition) is 6. The van der Waals surface area contributed by atoms with Crippen LogP contribution >= 0.6 is 12.2 Å². The maximum Gasteiger partial charge on any atom is 0.332 e. The van der Waals surface area contributed by atoms with Gasteiger partial charge in [-0.05, 0) is 0 Å². The number of fused-ring (bicyclic) bond motifs is 1. The monoisotopic (exact) mass is 236 g/mol. The summed E-state index contributed by atoms with van der Waals surface area (Å²) < 4.78 is 1.40. The maximum absolute atomic E-state index is 11.1. The first kappa shape index (κ1) is 10.6. The molecule has 7 heteroatoms. The van der Waals surface area contributed by atoms with E-state index in [0.29, 0.717) is 11.2 Å². The Kier molecular flexibility index (Phi) is 2.86. The second-order valence-corrected chi connectivity index (χ2v) is 3.31. The third-order valence-electron chi connectivity index (χ3n) is 1.86. The van der Waals surface area contributed by atoms with Gasteiger partial charge in [0.1, 0.15) is 11.8 Å². The standard InChI is InChI=1S/C9H8N4O2S/c1-2-6(14)15-13-5-12-8-7(9(13)16)10-3-4-11-8/h3-5H,2H2,1H3. The predicted molar refractivity (Wildman–Crippen MR) is 58.0 cm³/mol. The van der Waals surface area contributed by atoms with Gasteiger partial charge >= 0.3 is 5.97 Å². The highest BCUT2D eigenvalue weighted by atomic mass is 32.1. The van der Waals surface area contributed by atoms with Crippen molar-refractivity contribution in [2.24, 2.45) is 0 Å². The number of hydrogen-bond donors (Lipinski definition) is 0. The zero-order chi connectivity index (χ0) is 11.5. The number of carbonyl (C=O) groups is 1. The minimum atomic E-state index is -0.388. The van der Waals surface area contributed by atoms with Gasteiger partial charge in [0.15, 0.2) is 10.3 Å². The van der Waals surface area contributed by atoms with Crippen LogP contribution in [-0.4, -0.2) is 25.7 Å². The zero-order valence-electron chi connectivity index (χ0n) is 8.45. The Labute approximate surface area is 95.9 Å². The van der Waals surface area contributed by atoms with E-state index in [1.54, 1.807) is 6.92 Å². The van der Waals surface area contributed by atoms with Crippen LogP contribution in [0.4, 0.5) is 0 Å². The molecule has 0 fully saturated rings. The van der Waals surface area contributed by atoms with Crippen LogP contribution in [0.1, 0.15) is 13.3 Å². The van der Waals surface area contributed by atoms with Crippen LogP contribution in [0, 0.1) is 4.64 Å². The summed E-state index contributed by atoms with van der Waals surface area (Å²) in [6.07, 6.45) is 4.60. The lowest BCUT2D eigenvalue weighted by molar-refractivity contribution is -0.144. The van der Waals surface area contributed by atoms with E-state index in [1.165, 1.54) is 18.7 Å². The molecule has 0 N–H and O–H groups in total. The second kappa shape index (κ2) is 4.31. The molecule has 0 atom stereocenters. The molecule has 82 valence electrons. The quantitative estimate of drug-likeness (QED) is 0.722. The highest BCUT2D eigenvalue weighted by Crippen LogP contribution is 2.05. The predicted octanol–water partition coefficient (Wildman–Crippen LogP) is 0.921. The minimum Gasteiger partial charge on any atom is -0.334 e. The number of nitrogens with zero attached hydrogens (tertiary/aromatic N) is 4. The fourth-order valence-electron chi connectivity index (χ4n) is 1.08.